The SMILES string of the molecule is COc1ccc(CN(c2ncns2)S(=N)(=O)c2ccc(C=O)c(Cl)c2)cc1. The fraction of sp³-hybridized carbons (Fsp3) is 0.118. The van der Waals surface area contributed by atoms with E-state index in [1.165, 1.54) is 28.8 Å². The summed E-state index contributed by atoms with van der Waals surface area (Å²) in [6.07, 6.45) is 1.96. The lowest BCUT2D eigenvalue weighted by Gasteiger charge is -2.24. The number of carbonyl (C=O) groups is 1. The number of aldehydes is 1. The van der Waals surface area contributed by atoms with Gasteiger partial charge >= 0.3 is 0 Å². The normalized spacial score (nSPS) is 13.0. The van der Waals surface area contributed by atoms with E-state index in [1.54, 1.807) is 19.2 Å². The highest BCUT2D eigenvalue weighted by molar-refractivity contribution is 7.94. The molecule has 1 heterocycles. The summed E-state index contributed by atoms with van der Waals surface area (Å²) < 4.78 is 32.5. The van der Waals surface area contributed by atoms with Crippen molar-refractivity contribution < 1.29 is 13.7 Å². The van der Waals surface area contributed by atoms with Crippen LogP contribution < -0.4 is 9.04 Å². The molecule has 0 saturated heterocycles. The maximum atomic E-state index is 13.4. The Kier molecular flexibility index (Phi) is 5.73. The van der Waals surface area contributed by atoms with Crippen LogP contribution in [0.2, 0.25) is 5.02 Å². The third-order valence-corrected chi connectivity index (χ3v) is 6.72. The van der Waals surface area contributed by atoms with E-state index in [1.807, 2.05) is 12.1 Å². The van der Waals surface area contributed by atoms with Gasteiger partial charge in [-0.2, -0.15) is 4.37 Å². The van der Waals surface area contributed by atoms with Gasteiger partial charge in [0.25, 0.3) is 0 Å². The average molecular weight is 423 g/mol. The second-order valence-electron chi connectivity index (χ2n) is 5.44. The number of benzene rings is 2. The van der Waals surface area contributed by atoms with E-state index in [2.05, 4.69) is 9.36 Å². The van der Waals surface area contributed by atoms with Crippen molar-refractivity contribution in [1.29, 1.82) is 4.78 Å². The van der Waals surface area contributed by atoms with Gasteiger partial charge in [-0.15, -0.1) is 0 Å². The Labute approximate surface area is 165 Å². The van der Waals surface area contributed by atoms with Crippen molar-refractivity contribution >= 4 is 44.5 Å². The van der Waals surface area contributed by atoms with Gasteiger partial charge in [-0.3, -0.25) is 9.10 Å². The smallest absolute Gasteiger partial charge is 0.218 e. The van der Waals surface area contributed by atoms with E-state index < -0.39 is 9.92 Å². The summed E-state index contributed by atoms with van der Waals surface area (Å²) in [7, 11) is -1.90. The highest BCUT2D eigenvalue weighted by Gasteiger charge is 2.25. The van der Waals surface area contributed by atoms with E-state index in [9.17, 15) is 9.00 Å². The number of hydrogen-bond donors (Lipinski definition) is 1. The van der Waals surface area contributed by atoms with Crippen LogP contribution in [0.25, 0.3) is 0 Å². The molecule has 1 unspecified atom stereocenters. The summed E-state index contributed by atoms with van der Waals surface area (Å²) in [5, 5.41) is 0.491. The number of methoxy groups -OCH3 is 1. The maximum Gasteiger partial charge on any atom is 0.218 e. The number of hydrogen-bond acceptors (Lipinski definition) is 7. The number of anilines is 1. The molecule has 0 amide bonds. The highest BCUT2D eigenvalue weighted by Crippen LogP contribution is 2.29. The minimum Gasteiger partial charge on any atom is -0.497 e. The molecule has 3 rings (SSSR count). The van der Waals surface area contributed by atoms with Gasteiger partial charge in [0, 0.05) is 17.1 Å². The zero-order chi connectivity index (χ0) is 19.4. The first-order valence-corrected chi connectivity index (χ1v) is 10.3. The van der Waals surface area contributed by atoms with Crippen LogP contribution >= 0.6 is 23.1 Å². The van der Waals surface area contributed by atoms with Gasteiger partial charge < -0.3 is 4.74 Å². The minimum atomic E-state index is -3.48. The van der Waals surface area contributed by atoms with Crippen LogP contribution in [0.3, 0.4) is 0 Å². The van der Waals surface area contributed by atoms with Gasteiger partial charge in [0.15, 0.2) is 16.2 Å². The first kappa shape index (κ1) is 19.3. The Morgan fingerprint density at radius 2 is 2.04 bits per heavy atom. The molecule has 1 atom stereocenters. The van der Waals surface area contributed by atoms with Gasteiger partial charge in [-0.25, -0.2) is 14.0 Å². The van der Waals surface area contributed by atoms with Crippen molar-refractivity contribution in [3.8, 4) is 5.75 Å². The van der Waals surface area contributed by atoms with E-state index >= 15 is 0 Å². The van der Waals surface area contributed by atoms with Gasteiger partial charge in [0.05, 0.1) is 23.6 Å². The lowest BCUT2D eigenvalue weighted by atomic mass is 10.2. The molecule has 10 heteroatoms. The first-order valence-electron chi connectivity index (χ1n) is 7.66. The predicted molar refractivity (Wildman–Crippen MR) is 105 cm³/mol. The molecule has 3 aromatic rings. The molecule has 1 N–H and O–H groups in total. The number of halogens is 1. The van der Waals surface area contributed by atoms with Crippen molar-refractivity contribution in [3.63, 3.8) is 0 Å². The van der Waals surface area contributed by atoms with Crippen LogP contribution in [-0.4, -0.2) is 27.0 Å². The molecule has 0 aliphatic heterocycles. The lowest BCUT2D eigenvalue weighted by Crippen LogP contribution is -2.29. The van der Waals surface area contributed by atoms with Gasteiger partial charge in [-0.1, -0.05) is 23.7 Å². The summed E-state index contributed by atoms with van der Waals surface area (Å²) in [5.41, 5.74) is 1.09. The Hall–Kier alpha value is -2.49. The van der Waals surface area contributed by atoms with Crippen LogP contribution in [0.1, 0.15) is 15.9 Å². The topological polar surface area (TPSA) is 96.2 Å². The van der Waals surface area contributed by atoms with E-state index in [0.717, 1.165) is 17.1 Å². The summed E-state index contributed by atoms with van der Waals surface area (Å²) >= 11 is 7.10. The summed E-state index contributed by atoms with van der Waals surface area (Å²) in [6.45, 7) is 0.175. The summed E-state index contributed by atoms with van der Waals surface area (Å²) in [6, 6.07) is 11.5. The van der Waals surface area contributed by atoms with Crippen LogP contribution in [0.4, 0.5) is 5.13 Å². The fourth-order valence-corrected chi connectivity index (χ4v) is 4.87. The molecule has 7 nitrogen and oxygen atoms in total. The largest absolute Gasteiger partial charge is 0.497 e. The van der Waals surface area contributed by atoms with Crippen molar-refractivity contribution in [1.82, 2.24) is 9.36 Å². The number of carbonyl (C=O) groups excluding carboxylic acids is 1. The van der Waals surface area contributed by atoms with Crippen molar-refractivity contribution in [2.45, 2.75) is 11.4 Å². The molecule has 0 saturated carbocycles. The molecule has 1 aromatic heterocycles. The van der Waals surface area contributed by atoms with Gasteiger partial charge in [0.1, 0.15) is 12.1 Å². The molecule has 0 aliphatic rings. The third kappa shape index (κ3) is 4.10. The van der Waals surface area contributed by atoms with E-state index in [4.69, 9.17) is 21.1 Å². The molecular weight excluding hydrogens is 408 g/mol. The van der Waals surface area contributed by atoms with E-state index in [-0.39, 0.29) is 22.0 Å². The molecule has 0 fully saturated rings. The molecule has 0 bridgehead atoms. The van der Waals surface area contributed by atoms with Crippen molar-refractivity contribution in [2.75, 3.05) is 11.4 Å². The molecule has 2 aromatic carbocycles. The van der Waals surface area contributed by atoms with Crippen LogP contribution in [0.15, 0.2) is 53.7 Å². The fourth-order valence-electron chi connectivity index (χ4n) is 2.35. The number of rotatable bonds is 7. The first-order chi connectivity index (χ1) is 13.0. The molecule has 27 heavy (non-hydrogen) atoms. The Bertz CT molecular complexity index is 1040. The molecule has 0 spiro atoms. The Morgan fingerprint density at radius 3 is 2.59 bits per heavy atom. The lowest BCUT2D eigenvalue weighted by molar-refractivity contribution is 0.112. The van der Waals surface area contributed by atoms with Crippen molar-refractivity contribution in [2.24, 2.45) is 0 Å². The number of nitrogens with zero attached hydrogens (tertiary/aromatic N) is 3. The number of aromatic nitrogens is 2. The Morgan fingerprint density at radius 1 is 1.30 bits per heavy atom. The van der Waals surface area contributed by atoms with Crippen molar-refractivity contribution in [3.05, 3.63) is 64.9 Å². The summed E-state index contributed by atoms with van der Waals surface area (Å²) in [4.78, 5) is 15.3. The zero-order valence-corrected chi connectivity index (χ0v) is 16.6. The molecule has 0 aliphatic carbocycles. The standard InChI is InChI=1S/C17H15ClN4O3S2/c1-25-14-5-2-12(3-6-14)9-22(17-20-11-21-26-17)27(19,24)15-7-4-13(10-23)16(18)8-15/h2-8,10-11,19H,9H2,1H3. The second-order valence-corrected chi connectivity index (χ2v) is 8.57. The van der Waals surface area contributed by atoms with Gasteiger partial charge in [-0.05, 0) is 35.9 Å². The quantitative estimate of drug-likeness (QED) is 0.579. The van der Waals surface area contributed by atoms with Crippen LogP contribution in [0.5, 0.6) is 5.75 Å². The van der Waals surface area contributed by atoms with Crippen LogP contribution in [-0.2, 0) is 16.5 Å². The summed E-state index contributed by atoms with van der Waals surface area (Å²) in [5.74, 6) is 0.698. The predicted octanol–water partition coefficient (Wildman–Crippen LogP) is 4.04. The van der Waals surface area contributed by atoms with Gasteiger partial charge in [0.2, 0.25) is 5.13 Å². The molecule has 140 valence electrons. The van der Waals surface area contributed by atoms with E-state index in [0.29, 0.717) is 17.2 Å². The molecular formula is C17H15ClN4O3S2. The maximum absolute atomic E-state index is 13.4. The average Bonchev–Trinajstić information content (AvgIpc) is 3.20. The van der Waals surface area contributed by atoms with Crippen LogP contribution in [0, 0.1) is 4.78 Å². The number of nitrogens with one attached hydrogen (secondary N) is 1. The third-order valence-electron chi connectivity index (χ3n) is 3.78. The minimum absolute atomic E-state index is 0.143. The Balaban J connectivity index is 2.01. The number of ether oxygens (including phenoxy) is 1. The monoisotopic (exact) mass is 422 g/mol. The highest BCUT2D eigenvalue weighted by atomic mass is 35.5. The zero-order valence-electron chi connectivity index (χ0n) is 14.2. The second kappa shape index (κ2) is 8.03. The molecule has 0 radical (unpaired) electrons.